The first-order chi connectivity index (χ1) is 11.8. The molecule has 3 rings (SSSR count). The number of hydrogen-bond donors (Lipinski definition) is 1. The van der Waals surface area contributed by atoms with Crippen LogP contribution in [-0.4, -0.2) is 42.0 Å². The Bertz CT molecular complexity index is 634. The minimum atomic E-state index is -0.0514. The zero-order chi connectivity index (χ0) is 16.6. The van der Waals surface area contributed by atoms with Gasteiger partial charge in [-0.15, -0.1) is 0 Å². The van der Waals surface area contributed by atoms with Crippen LogP contribution in [0.5, 0.6) is 0 Å². The SMILES string of the molecule is O=C(NCCc1ccccc1)c1ccc(CCN2CCCC2)nc1. The van der Waals surface area contributed by atoms with E-state index in [1.54, 1.807) is 6.20 Å². The molecule has 0 radical (unpaired) electrons. The summed E-state index contributed by atoms with van der Waals surface area (Å²) in [4.78, 5) is 19.1. The van der Waals surface area contributed by atoms with E-state index in [0.717, 1.165) is 25.1 Å². The van der Waals surface area contributed by atoms with Gasteiger partial charge in [0.15, 0.2) is 0 Å². The van der Waals surface area contributed by atoms with Crippen LogP contribution < -0.4 is 5.32 Å². The molecule has 126 valence electrons. The number of likely N-dealkylation sites (tertiary alicyclic amines) is 1. The van der Waals surface area contributed by atoms with Crippen LogP contribution in [0, 0.1) is 0 Å². The van der Waals surface area contributed by atoms with Gasteiger partial charge in [-0.05, 0) is 50.0 Å². The number of benzene rings is 1. The third kappa shape index (κ3) is 4.90. The van der Waals surface area contributed by atoms with E-state index < -0.39 is 0 Å². The number of rotatable bonds is 7. The van der Waals surface area contributed by atoms with Crippen LogP contribution in [0.3, 0.4) is 0 Å². The van der Waals surface area contributed by atoms with Crippen LogP contribution in [0.2, 0.25) is 0 Å². The third-order valence-electron chi connectivity index (χ3n) is 4.51. The Morgan fingerprint density at radius 1 is 1.04 bits per heavy atom. The van der Waals surface area contributed by atoms with E-state index in [1.807, 2.05) is 30.3 Å². The van der Waals surface area contributed by atoms with Crippen LogP contribution in [0.4, 0.5) is 0 Å². The summed E-state index contributed by atoms with van der Waals surface area (Å²) < 4.78 is 0. The van der Waals surface area contributed by atoms with Crippen molar-refractivity contribution in [2.75, 3.05) is 26.2 Å². The molecule has 0 saturated carbocycles. The van der Waals surface area contributed by atoms with Gasteiger partial charge in [-0.1, -0.05) is 30.3 Å². The first kappa shape index (κ1) is 16.7. The normalized spacial score (nSPS) is 14.7. The van der Waals surface area contributed by atoms with Gasteiger partial charge in [-0.2, -0.15) is 0 Å². The van der Waals surface area contributed by atoms with E-state index >= 15 is 0 Å². The van der Waals surface area contributed by atoms with Crippen molar-refractivity contribution in [3.63, 3.8) is 0 Å². The standard InChI is InChI=1S/C20H25N3O/c24-20(21-12-10-17-6-2-1-3-7-17)18-8-9-19(22-16-18)11-15-23-13-4-5-14-23/h1-3,6-9,16H,4-5,10-15H2,(H,21,24). The molecule has 2 heterocycles. The van der Waals surface area contributed by atoms with Crippen molar-refractivity contribution in [2.24, 2.45) is 0 Å². The summed E-state index contributed by atoms with van der Waals surface area (Å²) in [5.41, 5.74) is 2.92. The Hall–Kier alpha value is -2.20. The van der Waals surface area contributed by atoms with Crippen molar-refractivity contribution in [3.8, 4) is 0 Å². The maximum absolute atomic E-state index is 12.2. The quantitative estimate of drug-likeness (QED) is 0.852. The zero-order valence-corrected chi connectivity index (χ0v) is 14.1. The summed E-state index contributed by atoms with van der Waals surface area (Å²) in [5, 5.41) is 2.96. The minimum absolute atomic E-state index is 0.0514. The fourth-order valence-electron chi connectivity index (χ4n) is 3.05. The van der Waals surface area contributed by atoms with Crippen LogP contribution in [0.1, 0.15) is 34.5 Å². The van der Waals surface area contributed by atoms with E-state index in [2.05, 4.69) is 27.3 Å². The molecule has 0 unspecified atom stereocenters. The van der Waals surface area contributed by atoms with Crippen molar-refractivity contribution in [1.29, 1.82) is 0 Å². The molecule has 1 aromatic heterocycles. The highest BCUT2D eigenvalue weighted by Crippen LogP contribution is 2.09. The molecule has 2 aromatic rings. The molecule has 1 amide bonds. The van der Waals surface area contributed by atoms with Crippen molar-refractivity contribution in [3.05, 3.63) is 65.5 Å². The number of carbonyl (C=O) groups is 1. The number of hydrogen-bond acceptors (Lipinski definition) is 3. The largest absolute Gasteiger partial charge is 0.352 e. The minimum Gasteiger partial charge on any atom is -0.352 e. The van der Waals surface area contributed by atoms with E-state index in [0.29, 0.717) is 12.1 Å². The van der Waals surface area contributed by atoms with Crippen molar-refractivity contribution >= 4 is 5.91 Å². The summed E-state index contributed by atoms with van der Waals surface area (Å²) in [7, 11) is 0. The van der Waals surface area contributed by atoms with Crippen molar-refractivity contribution in [2.45, 2.75) is 25.7 Å². The van der Waals surface area contributed by atoms with Gasteiger partial charge in [0, 0.05) is 31.4 Å². The van der Waals surface area contributed by atoms with E-state index in [1.165, 1.54) is 31.5 Å². The lowest BCUT2D eigenvalue weighted by Crippen LogP contribution is -2.26. The molecule has 0 atom stereocenters. The van der Waals surface area contributed by atoms with Gasteiger partial charge in [0.2, 0.25) is 0 Å². The number of nitrogens with one attached hydrogen (secondary N) is 1. The van der Waals surface area contributed by atoms with Gasteiger partial charge in [0.1, 0.15) is 0 Å². The van der Waals surface area contributed by atoms with E-state index in [-0.39, 0.29) is 5.91 Å². The third-order valence-corrected chi connectivity index (χ3v) is 4.51. The monoisotopic (exact) mass is 323 g/mol. The molecule has 4 nitrogen and oxygen atoms in total. The first-order valence-electron chi connectivity index (χ1n) is 8.81. The Balaban J connectivity index is 1.43. The Labute approximate surface area is 143 Å². The van der Waals surface area contributed by atoms with Crippen LogP contribution in [0.15, 0.2) is 48.7 Å². The van der Waals surface area contributed by atoms with Gasteiger partial charge in [0.25, 0.3) is 5.91 Å². The molecular formula is C20H25N3O. The number of pyridine rings is 1. The average molecular weight is 323 g/mol. The second-order valence-corrected chi connectivity index (χ2v) is 6.33. The molecule has 1 fully saturated rings. The lowest BCUT2D eigenvalue weighted by molar-refractivity contribution is 0.0954. The molecule has 1 aliphatic rings. The van der Waals surface area contributed by atoms with Gasteiger partial charge >= 0.3 is 0 Å². The second kappa shape index (κ2) is 8.60. The molecule has 1 aliphatic heterocycles. The summed E-state index contributed by atoms with van der Waals surface area (Å²) in [6, 6.07) is 14.0. The fraction of sp³-hybridized carbons (Fsp3) is 0.400. The average Bonchev–Trinajstić information content (AvgIpc) is 3.15. The summed E-state index contributed by atoms with van der Waals surface area (Å²) in [6.45, 7) is 4.12. The number of nitrogens with zero attached hydrogens (tertiary/aromatic N) is 2. The highest BCUT2D eigenvalue weighted by molar-refractivity contribution is 5.93. The Morgan fingerprint density at radius 2 is 1.83 bits per heavy atom. The fourth-order valence-corrected chi connectivity index (χ4v) is 3.05. The Kier molecular flexibility index (Phi) is 5.96. The maximum atomic E-state index is 12.2. The maximum Gasteiger partial charge on any atom is 0.252 e. The van der Waals surface area contributed by atoms with Crippen LogP contribution in [-0.2, 0) is 12.8 Å². The van der Waals surface area contributed by atoms with Gasteiger partial charge in [-0.25, -0.2) is 0 Å². The van der Waals surface area contributed by atoms with E-state index in [4.69, 9.17) is 0 Å². The number of aromatic nitrogens is 1. The summed E-state index contributed by atoms with van der Waals surface area (Å²) >= 11 is 0. The summed E-state index contributed by atoms with van der Waals surface area (Å²) in [6.07, 6.45) is 6.12. The predicted octanol–water partition coefficient (Wildman–Crippen LogP) is 2.69. The molecule has 0 spiro atoms. The molecule has 0 bridgehead atoms. The van der Waals surface area contributed by atoms with Crippen molar-refractivity contribution in [1.82, 2.24) is 15.2 Å². The zero-order valence-electron chi connectivity index (χ0n) is 14.1. The highest BCUT2D eigenvalue weighted by atomic mass is 16.1. The van der Waals surface area contributed by atoms with E-state index in [9.17, 15) is 4.79 Å². The Morgan fingerprint density at radius 3 is 2.54 bits per heavy atom. The lowest BCUT2D eigenvalue weighted by Gasteiger charge is -2.13. The summed E-state index contributed by atoms with van der Waals surface area (Å²) in [5.74, 6) is -0.0514. The predicted molar refractivity (Wildman–Crippen MR) is 96.1 cm³/mol. The van der Waals surface area contributed by atoms with Crippen LogP contribution >= 0.6 is 0 Å². The first-order valence-corrected chi connectivity index (χ1v) is 8.81. The van der Waals surface area contributed by atoms with Crippen LogP contribution in [0.25, 0.3) is 0 Å². The van der Waals surface area contributed by atoms with Gasteiger partial charge < -0.3 is 10.2 Å². The van der Waals surface area contributed by atoms with Gasteiger partial charge in [-0.3, -0.25) is 9.78 Å². The topological polar surface area (TPSA) is 45.2 Å². The van der Waals surface area contributed by atoms with Crippen molar-refractivity contribution < 1.29 is 4.79 Å². The number of amides is 1. The highest BCUT2D eigenvalue weighted by Gasteiger charge is 2.11. The molecule has 4 heteroatoms. The molecular weight excluding hydrogens is 298 g/mol. The molecule has 1 N–H and O–H groups in total. The molecule has 24 heavy (non-hydrogen) atoms. The van der Waals surface area contributed by atoms with Gasteiger partial charge in [0.05, 0.1) is 5.56 Å². The second-order valence-electron chi connectivity index (χ2n) is 6.33. The molecule has 1 saturated heterocycles. The smallest absolute Gasteiger partial charge is 0.252 e. The lowest BCUT2D eigenvalue weighted by atomic mass is 10.1. The molecule has 0 aliphatic carbocycles. The number of carbonyl (C=O) groups excluding carboxylic acids is 1. The molecule has 1 aromatic carbocycles.